The second kappa shape index (κ2) is 7.07. The minimum atomic E-state index is -0.527. The third kappa shape index (κ3) is 3.39. The summed E-state index contributed by atoms with van der Waals surface area (Å²) in [5, 5.41) is 2.78. The van der Waals surface area contributed by atoms with Crippen LogP contribution in [0.3, 0.4) is 0 Å². The molecule has 3 aromatic heterocycles. The van der Waals surface area contributed by atoms with Crippen molar-refractivity contribution < 1.29 is 4.79 Å². The number of nitrogens with one attached hydrogen (secondary N) is 3. The van der Waals surface area contributed by atoms with Gasteiger partial charge in [0.15, 0.2) is 5.82 Å². The number of hydrogen-bond acceptors (Lipinski definition) is 5. The molecule has 1 unspecified atom stereocenters. The third-order valence-electron chi connectivity index (χ3n) is 4.36. The average molecular weight is 374 g/mol. The fraction of sp³-hybridized carbons (Fsp3) is 0.150. The molecule has 3 N–H and O–H groups in total. The molecular weight excluding hydrogens is 356 g/mol. The number of rotatable bonds is 4. The summed E-state index contributed by atoms with van der Waals surface area (Å²) in [7, 11) is 0. The SMILES string of the molecule is Cc1ccc2nc(C(C)NC(=O)c3cnc(-c4ccccn4)[nH]c3=O)[nH]c2c1. The fourth-order valence-electron chi connectivity index (χ4n) is 2.88. The molecule has 0 radical (unpaired) electrons. The lowest BCUT2D eigenvalue weighted by atomic mass is 10.2. The molecule has 0 fully saturated rings. The van der Waals surface area contributed by atoms with Gasteiger partial charge in [0.2, 0.25) is 0 Å². The van der Waals surface area contributed by atoms with Gasteiger partial charge in [-0.05, 0) is 43.7 Å². The Bertz CT molecular complexity index is 1210. The van der Waals surface area contributed by atoms with Gasteiger partial charge in [0, 0.05) is 12.4 Å². The third-order valence-corrected chi connectivity index (χ3v) is 4.36. The van der Waals surface area contributed by atoms with Gasteiger partial charge in [-0.2, -0.15) is 0 Å². The Hall–Kier alpha value is -3.81. The van der Waals surface area contributed by atoms with E-state index in [1.54, 1.807) is 31.3 Å². The zero-order valence-electron chi connectivity index (χ0n) is 15.4. The molecule has 28 heavy (non-hydrogen) atoms. The number of fused-ring (bicyclic) bond motifs is 1. The van der Waals surface area contributed by atoms with Crippen LogP contribution in [-0.4, -0.2) is 30.8 Å². The maximum atomic E-state index is 12.5. The minimum absolute atomic E-state index is 0.0708. The number of carbonyl (C=O) groups excluding carboxylic acids is 1. The van der Waals surface area contributed by atoms with Crippen molar-refractivity contribution in [2.45, 2.75) is 19.9 Å². The highest BCUT2D eigenvalue weighted by Crippen LogP contribution is 2.17. The largest absolute Gasteiger partial charge is 0.342 e. The molecule has 0 aliphatic heterocycles. The summed E-state index contributed by atoms with van der Waals surface area (Å²) in [5.74, 6) is 0.400. The molecule has 0 bridgehead atoms. The summed E-state index contributed by atoms with van der Waals surface area (Å²) in [5.41, 5.74) is 2.76. The molecule has 8 heteroatoms. The highest BCUT2D eigenvalue weighted by atomic mass is 16.2. The van der Waals surface area contributed by atoms with Crippen LogP contribution in [0.2, 0.25) is 0 Å². The molecule has 1 atom stereocenters. The molecule has 0 aliphatic carbocycles. The van der Waals surface area contributed by atoms with Crippen molar-refractivity contribution in [2.24, 2.45) is 0 Å². The van der Waals surface area contributed by atoms with Crippen molar-refractivity contribution in [2.75, 3.05) is 0 Å². The van der Waals surface area contributed by atoms with E-state index in [1.807, 2.05) is 25.1 Å². The normalized spacial score (nSPS) is 12.1. The Morgan fingerprint density at radius 3 is 2.75 bits per heavy atom. The lowest BCUT2D eigenvalue weighted by Crippen LogP contribution is -2.32. The second-order valence-electron chi connectivity index (χ2n) is 6.53. The number of aryl methyl sites for hydroxylation is 1. The van der Waals surface area contributed by atoms with Crippen LogP contribution >= 0.6 is 0 Å². The van der Waals surface area contributed by atoms with Crippen LogP contribution < -0.4 is 10.9 Å². The van der Waals surface area contributed by atoms with E-state index in [0.717, 1.165) is 16.6 Å². The lowest BCUT2D eigenvalue weighted by molar-refractivity contribution is 0.0936. The van der Waals surface area contributed by atoms with Crippen LogP contribution in [0.15, 0.2) is 53.6 Å². The van der Waals surface area contributed by atoms with E-state index in [1.165, 1.54) is 6.20 Å². The van der Waals surface area contributed by atoms with Crippen molar-refractivity contribution in [3.63, 3.8) is 0 Å². The van der Waals surface area contributed by atoms with Gasteiger partial charge in [0.05, 0.1) is 17.1 Å². The number of H-pyrrole nitrogens is 2. The summed E-state index contributed by atoms with van der Waals surface area (Å²) in [6, 6.07) is 10.8. The van der Waals surface area contributed by atoms with Crippen LogP contribution in [-0.2, 0) is 0 Å². The molecule has 4 rings (SSSR count). The van der Waals surface area contributed by atoms with Crippen LogP contribution in [0.25, 0.3) is 22.6 Å². The van der Waals surface area contributed by atoms with E-state index in [-0.39, 0.29) is 5.56 Å². The molecule has 0 spiro atoms. The monoisotopic (exact) mass is 374 g/mol. The van der Waals surface area contributed by atoms with E-state index in [9.17, 15) is 9.59 Å². The van der Waals surface area contributed by atoms with Gasteiger partial charge in [0.1, 0.15) is 17.1 Å². The van der Waals surface area contributed by atoms with Crippen molar-refractivity contribution in [3.8, 4) is 11.5 Å². The Morgan fingerprint density at radius 1 is 1.14 bits per heavy atom. The Kier molecular flexibility index (Phi) is 4.44. The Morgan fingerprint density at radius 2 is 2.00 bits per heavy atom. The van der Waals surface area contributed by atoms with Gasteiger partial charge in [-0.15, -0.1) is 0 Å². The van der Waals surface area contributed by atoms with Crippen LogP contribution in [0, 0.1) is 6.92 Å². The zero-order valence-corrected chi connectivity index (χ0v) is 15.4. The number of aromatic amines is 2. The summed E-state index contributed by atoms with van der Waals surface area (Å²) < 4.78 is 0. The Labute approximate surface area is 160 Å². The predicted molar refractivity (Wildman–Crippen MR) is 105 cm³/mol. The number of imidazole rings is 1. The summed E-state index contributed by atoms with van der Waals surface area (Å²) in [4.78, 5) is 43.5. The van der Waals surface area contributed by atoms with Crippen LogP contribution in [0.4, 0.5) is 0 Å². The number of benzene rings is 1. The van der Waals surface area contributed by atoms with Crippen molar-refractivity contribution >= 4 is 16.9 Å². The first-order chi connectivity index (χ1) is 13.5. The van der Waals surface area contributed by atoms with E-state index >= 15 is 0 Å². The van der Waals surface area contributed by atoms with Gasteiger partial charge < -0.3 is 15.3 Å². The van der Waals surface area contributed by atoms with Gasteiger partial charge in [-0.1, -0.05) is 12.1 Å². The van der Waals surface area contributed by atoms with E-state index in [0.29, 0.717) is 17.3 Å². The standard InChI is InChI=1S/C20H18N6O2/c1-11-6-7-14-16(9-11)25-17(24-14)12(2)23-19(27)13-10-22-18(26-20(13)28)15-5-3-4-8-21-15/h3-10,12H,1-2H3,(H,23,27)(H,24,25)(H,22,26,28). The molecule has 8 nitrogen and oxygen atoms in total. The van der Waals surface area contributed by atoms with E-state index < -0.39 is 17.5 Å². The maximum Gasteiger partial charge on any atom is 0.264 e. The number of aromatic nitrogens is 5. The zero-order chi connectivity index (χ0) is 19.7. The number of nitrogens with zero attached hydrogens (tertiary/aromatic N) is 3. The number of amides is 1. The van der Waals surface area contributed by atoms with Crippen LogP contribution in [0.1, 0.15) is 34.7 Å². The summed E-state index contributed by atoms with van der Waals surface area (Å²) in [6.45, 7) is 3.80. The van der Waals surface area contributed by atoms with Crippen molar-refractivity contribution in [3.05, 3.63) is 76.1 Å². The maximum absolute atomic E-state index is 12.5. The van der Waals surface area contributed by atoms with Crippen LogP contribution in [0.5, 0.6) is 0 Å². The van der Waals surface area contributed by atoms with Gasteiger partial charge in [0.25, 0.3) is 11.5 Å². The average Bonchev–Trinajstić information content (AvgIpc) is 3.12. The minimum Gasteiger partial charge on any atom is -0.342 e. The number of carbonyl (C=O) groups is 1. The quantitative estimate of drug-likeness (QED) is 0.507. The second-order valence-corrected chi connectivity index (χ2v) is 6.53. The Balaban J connectivity index is 1.54. The topological polar surface area (TPSA) is 116 Å². The molecule has 1 amide bonds. The molecule has 0 saturated carbocycles. The summed E-state index contributed by atoms with van der Waals surface area (Å²) in [6.07, 6.45) is 2.86. The molecule has 140 valence electrons. The first-order valence-corrected chi connectivity index (χ1v) is 8.79. The van der Waals surface area contributed by atoms with E-state index in [4.69, 9.17) is 0 Å². The highest BCUT2D eigenvalue weighted by Gasteiger charge is 2.18. The summed E-state index contributed by atoms with van der Waals surface area (Å²) >= 11 is 0. The number of pyridine rings is 1. The van der Waals surface area contributed by atoms with E-state index in [2.05, 4.69) is 30.2 Å². The lowest BCUT2D eigenvalue weighted by Gasteiger charge is -2.11. The smallest absolute Gasteiger partial charge is 0.264 e. The molecule has 0 saturated heterocycles. The van der Waals surface area contributed by atoms with Gasteiger partial charge in [-0.25, -0.2) is 9.97 Å². The first kappa shape index (κ1) is 17.6. The molecule has 0 aliphatic rings. The highest BCUT2D eigenvalue weighted by molar-refractivity contribution is 5.93. The van der Waals surface area contributed by atoms with Crippen molar-refractivity contribution in [1.29, 1.82) is 0 Å². The van der Waals surface area contributed by atoms with Gasteiger partial charge >= 0.3 is 0 Å². The predicted octanol–water partition coefficient (Wildman–Crippen LogP) is 2.51. The van der Waals surface area contributed by atoms with Gasteiger partial charge in [-0.3, -0.25) is 14.6 Å². The molecule has 1 aromatic carbocycles. The number of hydrogen-bond donors (Lipinski definition) is 3. The fourth-order valence-corrected chi connectivity index (χ4v) is 2.88. The molecule has 4 aromatic rings. The first-order valence-electron chi connectivity index (χ1n) is 8.79. The molecular formula is C20H18N6O2. The van der Waals surface area contributed by atoms with Crippen molar-refractivity contribution in [1.82, 2.24) is 30.2 Å². The molecule has 3 heterocycles.